The average molecular weight is 403 g/mol. The van der Waals surface area contributed by atoms with Gasteiger partial charge in [-0.15, -0.1) is 0 Å². The lowest BCUT2D eigenvalue weighted by molar-refractivity contribution is -0.126. The Morgan fingerprint density at radius 2 is 2.11 bits per heavy atom. The van der Waals surface area contributed by atoms with Crippen LogP contribution in [0.4, 0.5) is 0 Å². The molecule has 0 heterocycles. The first-order chi connectivity index (χ1) is 13.6. The molecule has 7 heteroatoms. The summed E-state index contributed by atoms with van der Waals surface area (Å²) < 4.78 is 10.4. The molecule has 0 bridgehead atoms. The van der Waals surface area contributed by atoms with Crippen LogP contribution in [0.25, 0.3) is 0 Å². The monoisotopic (exact) mass is 402 g/mol. The summed E-state index contributed by atoms with van der Waals surface area (Å²) in [6, 6.07) is 11.6. The van der Waals surface area contributed by atoms with Crippen molar-refractivity contribution in [2.75, 3.05) is 20.8 Å². The molecule has 148 valence electrons. The van der Waals surface area contributed by atoms with Gasteiger partial charge in [0.2, 0.25) is 0 Å². The van der Waals surface area contributed by atoms with Gasteiger partial charge in [0, 0.05) is 5.56 Å². The Hall–Kier alpha value is -2.73. The second-order valence-corrected chi connectivity index (χ2v) is 6.86. The van der Waals surface area contributed by atoms with Crippen molar-refractivity contribution in [2.24, 2.45) is 5.16 Å². The lowest BCUT2D eigenvalue weighted by Crippen LogP contribution is -2.33. The van der Waals surface area contributed by atoms with Crippen LogP contribution in [-0.2, 0) is 16.1 Å². The van der Waals surface area contributed by atoms with E-state index in [2.05, 4.69) is 22.6 Å². The predicted octanol–water partition coefficient (Wildman–Crippen LogP) is 3.90. The molecule has 1 atom stereocenters. The molecular formula is C21H23ClN2O4. The molecule has 2 aromatic carbocycles. The van der Waals surface area contributed by atoms with Crippen LogP contribution in [0.3, 0.4) is 0 Å². The first kappa shape index (κ1) is 20.0. The number of aryl methyl sites for hydroxylation is 1. The van der Waals surface area contributed by atoms with E-state index in [1.165, 1.54) is 31.6 Å². The number of hydrogen-bond donors (Lipinski definition) is 1. The molecule has 0 spiro atoms. The van der Waals surface area contributed by atoms with Crippen LogP contribution >= 0.6 is 11.6 Å². The molecule has 0 fully saturated rings. The highest BCUT2D eigenvalue weighted by molar-refractivity contribution is 6.32. The Kier molecular flexibility index (Phi) is 6.76. The van der Waals surface area contributed by atoms with Crippen molar-refractivity contribution in [3.63, 3.8) is 0 Å². The number of ether oxygens (including phenoxy) is 2. The summed E-state index contributed by atoms with van der Waals surface area (Å²) in [6.45, 7) is -0.157. The average Bonchev–Trinajstić information content (AvgIpc) is 2.71. The van der Waals surface area contributed by atoms with Gasteiger partial charge in [-0.05, 0) is 42.5 Å². The van der Waals surface area contributed by atoms with E-state index >= 15 is 0 Å². The van der Waals surface area contributed by atoms with Crippen LogP contribution in [0.2, 0.25) is 5.02 Å². The van der Waals surface area contributed by atoms with Crippen molar-refractivity contribution >= 4 is 23.7 Å². The number of carbonyl (C=O) groups is 1. The van der Waals surface area contributed by atoms with Gasteiger partial charge in [0.25, 0.3) is 5.91 Å². The van der Waals surface area contributed by atoms with Gasteiger partial charge in [-0.25, -0.2) is 0 Å². The molecule has 1 aliphatic carbocycles. The van der Waals surface area contributed by atoms with E-state index in [0.29, 0.717) is 22.1 Å². The van der Waals surface area contributed by atoms with Gasteiger partial charge in [0.15, 0.2) is 18.1 Å². The van der Waals surface area contributed by atoms with Gasteiger partial charge in [0.1, 0.15) is 0 Å². The van der Waals surface area contributed by atoms with Crippen molar-refractivity contribution in [1.82, 2.24) is 5.32 Å². The predicted molar refractivity (Wildman–Crippen MR) is 108 cm³/mol. The van der Waals surface area contributed by atoms with Crippen LogP contribution in [0.1, 0.15) is 35.6 Å². The number of oxime groups is 1. The van der Waals surface area contributed by atoms with Crippen molar-refractivity contribution in [3.8, 4) is 11.5 Å². The number of amides is 1. The molecule has 0 saturated carbocycles. The third-order valence-corrected chi connectivity index (χ3v) is 4.91. The summed E-state index contributed by atoms with van der Waals surface area (Å²) in [5.74, 6) is 0.740. The summed E-state index contributed by atoms with van der Waals surface area (Å²) in [6.07, 6.45) is 4.51. The van der Waals surface area contributed by atoms with E-state index in [-0.39, 0.29) is 18.6 Å². The molecule has 1 N–H and O–H groups in total. The normalized spacial score (nSPS) is 15.8. The molecule has 2 aromatic rings. The highest BCUT2D eigenvalue weighted by atomic mass is 35.5. The molecular weight excluding hydrogens is 380 g/mol. The zero-order chi connectivity index (χ0) is 19.9. The SMILES string of the molecule is COc1cc(/C=N\OCC(=O)N[C@H]2CCCc3ccccc32)cc(Cl)c1OC. The maximum Gasteiger partial charge on any atom is 0.261 e. The van der Waals surface area contributed by atoms with Crippen molar-refractivity contribution < 1.29 is 19.1 Å². The number of fused-ring (bicyclic) bond motifs is 1. The molecule has 0 aliphatic heterocycles. The van der Waals surface area contributed by atoms with Crippen molar-refractivity contribution in [2.45, 2.75) is 25.3 Å². The van der Waals surface area contributed by atoms with Crippen molar-refractivity contribution in [1.29, 1.82) is 0 Å². The van der Waals surface area contributed by atoms with Crippen LogP contribution in [0.15, 0.2) is 41.6 Å². The van der Waals surface area contributed by atoms with E-state index in [1.54, 1.807) is 12.1 Å². The summed E-state index contributed by atoms with van der Waals surface area (Å²) in [4.78, 5) is 17.3. The molecule has 0 unspecified atom stereocenters. The highest BCUT2D eigenvalue weighted by Gasteiger charge is 2.21. The summed E-state index contributed by atoms with van der Waals surface area (Å²) >= 11 is 6.15. The minimum absolute atomic E-state index is 0.0229. The summed E-state index contributed by atoms with van der Waals surface area (Å²) in [5.41, 5.74) is 3.15. The Balaban J connectivity index is 1.54. The van der Waals surface area contributed by atoms with E-state index in [9.17, 15) is 4.79 Å². The third kappa shape index (κ3) is 4.75. The van der Waals surface area contributed by atoms with Crippen LogP contribution in [-0.4, -0.2) is 32.9 Å². The molecule has 6 nitrogen and oxygen atoms in total. The number of rotatable bonds is 7. The van der Waals surface area contributed by atoms with E-state index in [0.717, 1.165) is 19.3 Å². The minimum Gasteiger partial charge on any atom is -0.493 e. The molecule has 1 aliphatic rings. The Bertz CT molecular complexity index is 869. The smallest absolute Gasteiger partial charge is 0.261 e. The maximum atomic E-state index is 12.2. The lowest BCUT2D eigenvalue weighted by atomic mass is 9.88. The van der Waals surface area contributed by atoms with Gasteiger partial charge >= 0.3 is 0 Å². The van der Waals surface area contributed by atoms with E-state index in [4.69, 9.17) is 25.9 Å². The zero-order valence-electron chi connectivity index (χ0n) is 15.9. The van der Waals surface area contributed by atoms with Gasteiger partial charge in [0.05, 0.1) is 31.5 Å². The molecule has 0 radical (unpaired) electrons. The lowest BCUT2D eigenvalue weighted by Gasteiger charge is -2.26. The number of methoxy groups -OCH3 is 2. The Labute approximate surface area is 169 Å². The van der Waals surface area contributed by atoms with Gasteiger partial charge in [-0.1, -0.05) is 41.0 Å². The molecule has 28 heavy (non-hydrogen) atoms. The fourth-order valence-corrected chi connectivity index (χ4v) is 3.64. The Morgan fingerprint density at radius 3 is 2.89 bits per heavy atom. The standard InChI is InChI=1S/C21H23ClN2O4/c1-26-19-11-14(10-17(22)21(19)27-2)12-23-28-13-20(25)24-18-9-5-7-15-6-3-4-8-16(15)18/h3-4,6,8,10-12,18H,5,7,9,13H2,1-2H3,(H,24,25)/b23-12-/t18-/m0/s1. The number of hydrogen-bond acceptors (Lipinski definition) is 5. The van der Waals surface area contributed by atoms with Crippen LogP contribution in [0, 0.1) is 0 Å². The molecule has 0 saturated heterocycles. The van der Waals surface area contributed by atoms with Gasteiger partial charge in [-0.2, -0.15) is 0 Å². The summed E-state index contributed by atoms with van der Waals surface area (Å²) in [5, 5.41) is 7.27. The number of carbonyl (C=O) groups excluding carboxylic acids is 1. The Morgan fingerprint density at radius 1 is 1.29 bits per heavy atom. The second-order valence-electron chi connectivity index (χ2n) is 6.46. The second kappa shape index (κ2) is 9.46. The zero-order valence-corrected chi connectivity index (χ0v) is 16.7. The van der Waals surface area contributed by atoms with Gasteiger partial charge in [-0.3, -0.25) is 4.79 Å². The number of nitrogens with zero attached hydrogens (tertiary/aromatic N) is 1. The van der Waals surface area contributed by atoms with Crippen molar-refractivity contribution in [3.05, 3.63) is 58.1 Å². The topological polar surface area (TPSA) is 69.2 Å². The molecule has 3 rings (SSSR count). The van der Waals surface area contributed by atoms with Crippen LogP contribution < -0.4 is 14.8 Å². The molecule has 1 amide bonds. The third-order valence-electron chi connectivity index (χ3n) is 4.63. The van der Waals surface area contributed by atoms with E-state index < -0.39 is 0 Å². The van der Waals surface area contributed by atoms with E-state index in [1.807, 2.05) is 12.1 Å². The highest BCUT2D eigenvalue weighted by Crippen LogP contribution is 2.35. The van der Waals surface area contributed by atoms with Crippen LogP contribution in [0.5, 0.6) is 11.5 Å². The number of halogens is 1. The fraction of sp³-hybridized carbons (Fsp3) is 0.333. The van der Waals surface area contributed by atoms with Gasteiger partial charge < -0.3 is 19.6 Å². The largest absolute Gasteiger partial charge is 0.493 e. The first-order valence-electron chi connectivity index (χ1n) is 9.06. The summed E-state index contributed by atoms with van der Waals surface area (Å²) in [7, 11) is 3.04. The fourth-order valence-electron chi connectivity index (χ4n) is 3.35. The number of nitrogens with one attached hydrogen (secondary N) is 1. The number of benzene rings is 2. The first-order valence-corrected chi connectivity index (χ1v) is 9.44. The maximum absolute atomic E-state index is 12.2. The molecule has 0 aromatic heterocycles. The minimum atomic E-state index is -0.204. The quantitative estimate of drug-likeness (QED) is 0.563.